The molecule has 0 bridgehead atoms. The highest BCUT2D eigenvalue weighted by Crippen LogP contribution is 2.59. The zero-order valence-corrected chi connectivity index (χ0v) is 8.80. The minimum atomic E-state index is -0.123. The van der Waals surface area contributed by atoms with Crippen molar-refractivity contribution in [2.45, 2.75) is 45.6 Å². The molecule has 0 aromatic heterocycles. The van der Waals surface area contributed by atoms with Gasteiger partial charge in [0.1, 0.15) is 0 Å². The monoisotopic (exact) mass is 181 g/mol. The van der Waals surface area contributed by atoms with Crippen LogP contribution in [0, 0.1) is 17.9 Å². The zero-order chi connectivity index (χ0) is 10.1. The van der Waals surface area contributed by atoms with E-state index in [0.29, 0.717) is 5.92 Å². The summed E-state index contributed by atoms with van der Waals surface area (Å²) in [5, 5.41) is 8.71. The van der Waals surface area contributed by atoms with Gasteiger partial charge in [-0.15, -0.1) is 0 Å². The molecule has 2 heteroatoms. The molecule has 0 unspecified atom stereocenters. The SMILES string of the molecule is [C-]#[N+][C@@]1(C(C)(C)C)C[C@@H]1CCCO. The number of hydrogen-bond acceptors (Lipinski definition) is 1. The average molecular weight is 181 g/mol. The number of nitrogens with zero attached hydrogens (tertiary/aromatic N) is 1. The standard InChI is InChI=1S/C11H19NO/c1-10(2,3)11(12-4)8-9(11)6-5-7-13/h9,13H,5-8H2,1-3H3/t9-,11-/m0/s1. The van der Waals surface area contributed by atoms with E-state index in [1.54, 1.807) is 0 Å². The minimum Gasteiger partial charge on any atom is -0.396 e. The maximum absolute atomic E-state index is 8.71. The molecule has 0 spiro atoms. The van der Waals surface area contributed by atoms with Gasteiger partial charge in [0.05, 0.1) is 0 Å². The van der Waals surface area contributed by atoms with Gasteiger partial charge in [-0.1, -0.05) is 20.8 Å². The summed E-state index contributed by atoms with van der Waals surface area (Å²) in [4.78, 5) is 3.81. The molecular weight excluding hydrogens is 162 g/mol. The molecule has 0 aromatic rings. The first-order valence-corrected chi connectivity index (χ1v) is 4.97. The third-order valence-electron chi connectivity index (χ3n) is 3.28. The largest absolute Gasteiger partial charge is 0.396 e. The normalized spacial score (nSPS) is 32.7. The lowest BCUT2D eigenvalue weighted by Crippen LogP contribution is -2.27. The highest BCUT2D eigenvalue weighted by atomic mass is 16.2. The van der Waals surface area contributed by atoms with E-state index in [2.05, 4.69) is 25.6 Å². The second-order valence-corrected chi connectivity index (χ2v) is 5.05. The van der Waals surface area contributed by atoms with Gasteiger partial charge in [-0.2, -0.15) is 0 Å². The Morgan fingerprint density at radius 2 is 2.15 bits per heavy atom. The molecule has 1 aliphatic rings. The summed E-state index contributed by atoms with van der Waals surface area (Å²) in [5.41, 5.74) is -0.0307. The molecular formula is C11H19NO. The Hall–Kier alpha value is -0.550. The summed E-state index contributed by atoms with van der Waals surface area (Å²) in [6.07, 6.45) is 2.88. The van der Waals surface area contributed by atoms with E-state index in [4.69, 9.17) is 11.7 Å². The molecule has 13 heavy (non-hydrogen) atoms. The van der Waals surface area contributed by atoms with E-state index >= 15 is 0 Å². The van der Waals surface area contributed by atoms with Crippen LogP contribution in [0.4, 0.5) is 0 Å². The van der Waals surface area contributed by atoms with Crippen molar-refractivity contribution < 1.29 is 5.11 Å². The molecule has 1 N–H and O–H groups in total. The molecule has 0 saturated heterocycles. The minimum absolute atomic E-state index is 0.0921. The van der Waals surface area contributed by atoms with Crippen molar-refractivity contribution >= 4 is 0 Å². The van der Waals surface area contributed by atoms with Crippen LogP contribution in [0.5, 0.6) is 0 Å². The maximum atomic E-state index is 8.71. The molecule has 1 rings (SSSR count). The Kier molecular flexibility index (Phi) is 2.68. The number of rotatable bonds is 3. The number of aliphatic hydroxyl groups is 1. The Labute approximate surface area is 80.8 Å². The summed E-state index contributed by atoms with van der Waals surface area (Å²) < 4.78 is 0. The van der Waals surface area contributed by atoms with Crippen LogP contribution in [0.15, 0.2) is 0 Å². The Morgan fingerprint density at radius 1 is 1.54 bits per heavy atom. The van der Waals surface area contributed by atoms with Crippen LogP contribution < -0.4 is 0 Å². The van der Waals surface area contributed by atoms with E-state index in [-0.39, 0.29) is 17.6 Å². The molecule has 0 aromatic carbocycles. The van der Waals surface area contributed by atoms with Crippen molar-refractivity contribution in [1.82, 2.24) is 0 Å². The molecule has 0 aliphatic heterocycles. The first-order valence-electron chi connectivity index (χ1n) is 4.97. The van der Waals surface area contributed by atoms with E-state index in [9.17, 15) is 0 Å². The first kappa shape index (κ1) is 10.5. The lowest BCUT2D eigenvalue weighted by Gasteiger charge is -2.21. The predicted molar refractivity (Wildman–Crippen MR) is 53.2 cm³/mol. The molecule has 0 heterocycles. The molecule has 1 aliphatic carbocycles. The van der Waals surface area contributed by atoms with Crippen LogP contribution in [0.25, 0.3) is 4.85 Å². The van der Waals surface area contributed by atoms with Gasteiger partial charge >= 0.3 is 0 Å². The van der Waals surface area contributed by atoms with E-state index in [0.717, 1.165) is 19.3 Å². The first-order chi connectivity index (χ1) is 5.98. The van der Waals surface area contributed by atoms with Gasteiger partial charge in [0.25, 0.3) is 0 Å². The van der Waals surface area contributed by atoms with Gasteiger partial charge in [-0.3, -0.25) is 0 Å². The topological polar surface area (TPSA) is 24.6 Å². The van der Waals surface area contributed by atoms with Crippen LogP contribution in [0.3, 0.4) is 0 Å². The van der Waals surface area contributed by atoms with Crippen LogP contribution >= 0.6 is 0 Å². The van der Waals surface area contributed by atoms with Gasteiger partial charge in [0.2, 0.25) is 5.54 Å². The summed E-state index contributed by atoms with van der Waals surface area (Å²) in [6.45, 7) is 13.9. The third kappa shape index (κ3) is 1.71. The molecule has 0 amide bonds. The fourth-order valence-electron chi connectivity index (χ4n) is 2.22. The van der Waals surface area contributed by atoms with Crippen LogP contribution in [-0.4, -0.2) is 17.3 Å². The maximum Gasteiger partial charge on any atom is 0.240 e. The van der Waals surface area contributed by atoms with Gasteiger partial charge in [-0.05, 0) is 12.8 Å². The van der Waals surface area contributed by atoms with E-state index < -0.39 is 0 Å². The summed E-state index contributed by atoms with van der Waals surface area (Å²) >= 11 is 0. The number of hydrogen-bond donors (Lipinski definition) is 1. The fourth-order valence-corrected chi connectivity index (χ4v) is 2.22. The molecule has 74 valence electrons. The van der Waals surface area contributed by atoms with Crippen LogP contribution in [0.1, 0.15) is 40.0 Å². The molecule has 2 nitrogen and oxygen atoms in total. The van der Waals surface area contributed by atoms with Crippen molar-refractivity contribution in [3.05, 3.63) is 11.4 Å². The Bertz CT molecular complexity index is 223. The smallest absolute Gasteiger partial charge is 0.240 e. The lowest BCUT2D eigenvalue weighted by molar-refractivity contribution is 0.269. The fraction of sp³-hybridized carbons (Fsp3) is 0.909. The molecule has 2 atom stereocenters. The summed E-state index contributed by atoms with van der Waals surface area (Å²) in [5.74, 6) is 0.525. The highest BCUT2D eigenvalue weighted by molar-refractivity contribution is 5.23. The van der Waals surface area contributed by atoms with Gasteiger partial charge < -0.3 is 9.95 Å². The molecule has 1 fully saturated rings. The zero-order valence-electron chi connectivity index (χ0n) is 8.80. The van der Waals surface area contributed by atoms with Crippen molar-refractivity contribution in [2.75, 3.05) is 6.61 Å². The van der Waals surface area contributed by atoms with Crippen molar-refractivity contribution in [2.24, 2.45) is 11.3 Å². The Balaban J connectivity index is 2.56. The van der Waals surface area contributed by atoms with Crippen LogP contribution in [0.2, 0.25) is 0 Å². The lowest BCUT2D eigenvalue weighted by atomic mass is 9.82. The van der Waals surface area contributed by atoms with Crippen molar-refractivity contribution in [3.63, 3.8) is 0 Å². The van der Waals surface area contributed by atoms with Crippen LogP contribution in [-0.2, 0) is 0 Å². The van der Waals surface area contributed by atoms with E-state index in [1.807, 2.05) is 0 Å². The third-order valence-corrected chi connectivity index (χ3v) is 3.28. The van der Waals surface area contributed by atoms with Gasteiger partial charge in [-0.25, -0.2) is 6.57 Å². The number of aliphatic hydroxyl groups excluding tert-OH is 1. The highest BCUT2D eigenvalue weighted by Gasteiger charge is 2.68. The average Bonchev–Trinajstić information content (AvgIpc) is 2.74. The Morgan fingerprint density at radius 3 is 2.46 bits per heavy atom. The van der Waals surface area contributed by atoms with Crippen molar-refractivity contribution in [3.8, 4) is 0 Å². The van der Waals surface area contributed by atoms with E-state index in [1.165, 1.54) is 0 Å². The molecule has 0 radical (unpaired) electrons. The predicted octanol–water partition coefficient (Wildman–Crippen LogP) is 2.48. The summed E-state index contributed by atoms with van der Waals surface area (Å²) in [7, 11) is 0. The molecule has 1 saturated carbocycles. The van der Waals surface area contributed by atoms with Gasteiger partial charge in [0, 0.05) is 24.4 Å². The van der Waals surface area contributed by atoms with Gasteiger partial charge in [0.15, 0.2) is 0 Å². The second kappa shape index (κ2) is 3.31. The second-order valence-electron chi connectivity index (χ2n) is 5.05. The quantitative estimate of drug-likeness (QED) is 0.665. The summed E-state index contributed by atoms with van der Waals surface area (Å²) in [6, 6.07) is 0. The van der Waals surface area contributed by atoms with Crippen molar-refractivity contribution in [1.29, 1.82) is 0 Å².